The van der Waals surface area contributed by atoms with Crippen LogP contribution in [0.1, 0.15) is 18.7 Å². The van der Waals surface area contributed by atoms with Gasteiger partial charge in [-0.05, 0) is 13.0 Å². The summed E-state index contributed by atoms with van der Waals surface area (Å²) in [6.07, 6.45) is 1.81. The Bertz CT molecular complexity index is 560. The minimum absolute atomic E-state index is 0.0787. The van der Waals surface area contributed by atoms with E-state index in [0.717, 1.165) is 5.69 Å². The van der Waals surface area contributed by atoms with E-state index in [2.05, 4.69) is 25.0 Å². The molecule has 1 N–H and O–H groups in total. The van der Waals surface area contributed by atoms with E-state index in [9.17, 15) is 13.2 Å². The van der Waals surface area contributed by atoms with Crippen molar-refractivity contribution in [3.05, 3.63) is 42.6 Å². The summed E-state index contributed by atoms with van der Waals surface area (Å²) in [5, 5.41) is 3.11. The Morgan fingerprint density at radius 3 is 2.57 bits per heavy atom. The van der Waals surface area contributed by atoms with E-state index >= 15 is 0 Å². The molecule has 1 atom stereocenters. The fraction of sp³-hybridized carbons (Fsp3) is 0.308. The molecule has 0 aliphatic carbocycles. The third kappa shape index (κ3) is 4.90. The number of pyridine rings is 1. The molecule has 0 saturated carbocycles. The molecule has 0 bridgehead atoms. The molecule has 112 valence electrons. The smallest absolute Gasteiger partial charge is 0.422 e. The summed E-state index contributed by atoms with van der Waals surface area (Å²) in [6.45, 7) is 0.529. The lowest BCUT2D eigenvalue weighted by molar-refractivity contribution is -0.154. The molecule has 0 saturated heterocycles. The van der Waals surface area contributed by atoms with E-state index in [4.69, 9.17) is 0 Å². The summed E-state index contributed by atoms with van der Waals surface area (Å²) in [4.78, 5) is 11.9. The van der Waals surface area contributed by atoms with Gasteiger partial charge in [-0.15, -0.1) is 0 Å². The highest BCUT2D eigenvalue weighted by Crippen LogP contribution is 2.20. The van der Waals surface area contributed by atoms with Gasteiger partial charge in [0.15, 0.2) is 6.61 Å². The van der Waals surface area contributed by atoms with Crippen molar-refractivity contribution in [1.82, 2.24) is 15.0 Å². The molecule has 8 heteroatoms. The van der Waals surface area contributed by atoms with Gasteiger partial charge < -0.3 is 10.1 Å². The van der Waals surface area contributed by atoms with Gasteiger partial charge in [-0.3, -0.25) is 9.97 Å². The van der Waals surface area contributed by atoms with Gasteiger partial charge in [0.05, 0.1) is 29.8 Å². The van der Waals surface area contributed by atoms with Crippen LogP contribution in [0.3, 0.4) is 0 Å². The highest BCUT2D eigenvalue weighted by molar-refractivity contribution is 5.43. The van der Waals surface area contributed by atoms with Crippen LogP contribution in [0.5, 0.6) is 5.88 Å². The predicted molar refractivity (Wildman–Crippen MR) is 69.9 cm³/mol. The number of nitrogens with zero attached hydrogens (tertiary/aromatic N) is 3. The Morgan fingerprint density at radius 1 is 1.19 bits per heavy atom. The number of aromatic nitrogens is 3. The Morgan fingerprint density at radius 2 is 2.00 bits per heavy atom. The van der Waals surface area contributed by atoms with Gasteiger partial charge >= 0.3 is 6.18 Å². The summed E-state index contributed by atoms with van der Waals surface area (Å²) in [7, 11) is 0. The zero-order valence-electron chi connectivity index (χ0n) is 11.1. The fourth-order valence-corrected chi connectivity index (χ4v) is 1.57. The summed E-state index contributed by atoms with van der Waals surface area (Å²) < 4.78 is 40.5. The largest absolute Gasteiger partial charge is 0.468 e. The number of nitrogens with one attached hydrogen (secondary N) is 1. The van der Waals surface area contributed by atoms with Crippen LogP contribution in [-0.4, -0.2) is 27.7 Å². The number of alkyl halides is 3. The zero-order chi connectivity index (χ0) is 15.3. The fourth-order valence-electron chi connectivity index (χ4n) is 1.57. The Labute approximate surface area is 119 Å². The average Bonchev–Trinajstić information content (AvgIpc) is 2.46. The zero-order valence-corrected chi connectivity index (χ0v) is 11.1. The van der Waals surface area contributed by atoms with E-state index in [1.54, 1.807) is 24.7 Å². The predicted octanol–water partition coefficient (Wildman–Crippen LogP) is 2.99. The molecule has 2 aromatic heterocycles. The highest BCUT2D eigenvalue weighted by Gasteiger charge is 2.28. The van der Waals surface area contributed by atoms with Crippen molar-refractivity contribution in [3.63, 3.8) is 0 Å². The minimum atomic E-state index is -4.38. The van der Waals surface area contributed by atoms with E-state index in [1.807, 2.05) is 6.92 Å². The average molecular weight is 298 g/mol. The topological polar surface area (TPSA) is 59.9 Å². The van der Waals surface area contributed by atoms with Crippen molar-refractivity contribution >= 4 is 5.69 Å². The molecule has 0 spiro atoms. The van der Waals surface area contributed by atoms with Crippen LogP contribution >= 0.6 is 0 Å². The third-order valence-electron chi connectivity index (χ3n) is 2.53. The minimum Gasteiger partial charge on any atom is -0.468 e. The van der Waals surface area contributed by atoms with Crippen molar-refractivity contribution in [1.29, 1.82) is 0 Å². The third-order valence-corrected chi connectivity index (χ3v) is 2.53. The Balaban J connectivity index is 1.93. The second kappa shape index (κ2) is 6.38. The van der Waals surface area contributed by atoms with Gasteiger partial charge in [-0.1, -0.05) is 0 Å². The van der Waals surface area contributed by atoms with Gasteiger partial charge in [0.25, 0.3) is 0 Å². The van der Waals surface area contributed by atoms with Crippen LogP contribution in [-0.2, 0) is 0 Å². The molecular formula is C13H13F3N4O. The van der Waals surface area contributed by atoms with Crippen LogP contribution in [0, 0.1) is 0 Å². The monoisotopic (exact) mass is 298 g/mol. The lowest BCUT2D eigenvalue weighted by atomic mass is 10.2. The van der Waals surface area contributed by atoms with E-state index in [1.165, 1.54) is 12.3 Å². The number of rotatable bonds is 5. The van der Waals surface area contributed by atoms with Crippen LogP contribution < -0.4 is 10.1 Å². The molecule has 2 aromatic rings. The van der Waals surface area contributed by atoms with Crippen LogP contribution in [0.15, 0.2) is 36.9 Å². The standard InChI is InChI=1S/C13H13F3N4O/c1-9(11-7-17-4-5-18-11)20-10-2-3-12(19-6-10)21-8-13(14,15)16/h2-7,9,20H,8H2,1H3. The van der Waals surface area contributed by atoms with Crippen molar-refractivity contribution in [2.24, 2.45) is 0 Å². The number of anilines is 1. The quantitative estimate of drug-likeness (QED) is 0.919. The van der Waals surface area contributed by atoms with Crippen LogP contribution in [0.25, 0.3) is 0 Å². The maximum absolute atomic E-state index is 12.0. The van der Waals surface area contributed by atoms with Gasteiger partial charge in [-0.25, -0.2) is 4.98 Å². The molecule has 0 aromatic carbocycles. The van der Waals surface area contributed by atoms with Gasteiger partial charge in [0, 0.05) is 18.5 Å². The maximum atomic E-state index is 12.0. The van der Waals surface area contributed by atoms with Gasteiger partial charge in [0.2, 0.25) is 5.88 Å². The van der Waals surface area contributed by atoms with Gasteiger partial charge in [-0.2, -0.15) is 13.2 Å². The summed E-state index contributed by atoms with van der Waals surface area (Å²) in [5.74, 6) is -0.0787. The highest BCUT2D eigenvalue weighted by atomic mass is 19.4. The molecule has 0 aliphatic rings. The second-order valence-electron chi connectivity index (χ2n) is 4.29. The molecule has 21 heavy (non-hydrogen) atoms. The molecule has 1 unspecified atom stereocenters. The Hall–Kier alpha value is -2.38. The normalized spacial score (nSPS) is 12.8. The molecule has 0 aliphatic heterocycles. The molecular weight excluding hydrogens is 285 g/mol. The van der Waals surface area contributed by atoms with Gasteiger partial charge in [0.1, 0.15) is 0 Å². The summed E-state index contributed by atoms with van der Waals surface area (Å²) in [5.41, 5.74) is 1.39. The first-order chi connectivity index (χ1) is 9.94. The molecule has 0 amide bonds. The number of halogens is 3. The molecule has 5 nitrogen and oxygen atoms in total. The van der Waals surface area contributed by atoms with Crippen LogP contribution in [0.4, 0.5) is 18.9 Å². The number of ether oxygens (including phenoxy) is 1. The Kier molecular flexibility index (Phi) is 4.56. The SMILES string of the molecule is CC(Nc1ccc(OCC(F)(F)F)nc1)c1cnccn1. The summed E-state index contributed by atoms with van der Waals surface area (Å²) >= 11 is 0. The van der Waals surface area contributed by atoms with E-state index in [-0.39, 0.29) is 11.9 Å². The van der Waals surface area contributed by atoms with Crippen molar-refractivity contribution < 1.29 is 17.9 Å². The van der Waals surface area contributed by atoms with E-state index < -0.39 is 12.8 Å². The molecule has 2 heterocycles. The van der Waals surface area contributed by atoms with Crippen molar-refractivity contribution in [3.8, 4) is 5.88 Å². The number of hydrogen-bond acceptors (Lipinski definition) is 5. The first kappa shape index (κ1) is 15.0. The van der Waals surface area contributed by atoms with Crippen molar-refractivity contribution in [2.75, 3.05) is 11.9 Å². The second-order valence-corrected chi connectivity index (χ2v) is 4.29. The lowest BCUT2D eigenvalue weighted by Crippen LogP contribution is -2.19. The maximum Gasteiger partial charge on any atom is 0.422 e. The van der Waals surface area contributed by atoms with Crippen LogP contribution in [0.2, 0.25) is 0 Å². The lowest BCUT2D eigenvalue weighted by Gasteiger charge is -2.14. The molecule has 0 fully saturated rings. The molecule has 2 rings (SSSR count). The van der Waals surface area contributed by atoms with E-state index in [0.29, 0.717) is 5.69 Å². The van der Waals surface area contributed by atoms with Crippen molar-refractivity contribution in [2.45, 2.75) is 19.1 Å². The first-order valence-electron chi connectivity index (χ1n) is 6.12. The first-order valence-corrected chi connectivity index (χ1v) is 6.12. The summed E-state index contributed by atoms with van der Waals surface area (Å²) in [6, 6.07) is 2.85. The number of hydrogen-bond donors (Lipinski definition) is 1. The molecule has 0 radical (unpaired) electrons.